The van der Waals surface area contributed by atoms with Crippen molar-refractivity contribution in [2.45, 2.75) is 65.2 Å². The summed E-state index contributed by atoms with van der Waals surface area (Å²) in [6.07, 6.45) is 6.08. The van der Waals surface area contributed by atoms with Crippen LogP contribution in [0.1, 0.15) is 58.8 Å². The number of imidazole rings is 1. The number of amides is 2. The number of fused-ring (bicyclic) bond motifs is 1. The van der Waals surface area contributed by atoms with E-state index in [4.69, 9.17) is 0 Å². The number of H-pyrrole nitrogens is 1. The summed E-state index contributed by atoms with van der Waals surface area (Å²) in [5.74, 6) is 0.932. The number of nitrogens with one attached hydrogen (secondary N) is 2. The predicted molar refractivity (Wildman–Crippen MR) is 181 cm³/mol. The molecule has 2 aromatic carbocycles. The molecule has 6 rings (SSSR count). The highest BCUT2D eigenvalue weighted by Crippen LogP contribution is 2.34. The SMILES string of the molecule is CC(C)[C@H](O)C(=O)N1CC[C@H](CNc2ncc(-c3ccc4cc(-c5cnc([C@@H]6CCCN6C(=O)[C@@H](O)C(C)C)[nH]5)ccc4c3)cn2)C1. The molecule has 11 nitrogen and oxygen atoms in total. The minimum absolute atomic E-state index is 0.0951. The maximum atomic E-state index is 12.9. The van der Waals surface area contributed by atoms with Gasteiger partial charge >= 0.3 is 0 Å². The molecule has 248 valence electrons. The highest BCUT2D eigenvalue weighted by molar-refractivity contribution is 5.90. The topological polar surface area (TPSA) is 148 Å². The van der Waals surface area contributed by atoms with Crippen LogP contribution in [0.15, 0.2) is 55.0 Å². The molecule has 11 heteroatoms. The van der Waals surface area contributed by atoms with Gasteiger partial charge in [-0.3, -0.25) is 9.59 Å². The van der Waals surface area contributed by atoms with Gasteiger partial charge in [0, 0.05) is 49.7 Å². The lowest BCUT2D eigenvalue weighted by Crippen LogP contribution is -2.41. The highest BCUT2D eigenvalue weighted by atomic mass is 16.3. The van der Waals surface area contributed by atoms with Gasteiger partial charge in [0.15, 0.2) is 0 Å². The predicted octanol–water partition coefficient (Wildman–Crippen LogP) is 4.64. The smallest absolute Gasteiger partial charge is 0.252 e. The van der Waals surface area contributed by atoms with E-state index >= 15 is 0 Å². The van der Waals surface area contributed by atoms with E-state index in [0.717, 1.165) is 58.2 Å². The van der Waals surface area contributed by atoms with E-state index in [0.29, 0.717) is 32.1 Å². The molecule has 0 unspecified atom stereocenters. The average molecular weight is 640 g/mol. The summed E-state index contributed by atoms with van der Waals surface area (Å²) < 4.78 is 0. The summed E-state index contributed by atoms with van der Waals surface area (Å²) >= 11 is 0. The lowest BCUT2D eigenvalue weighted by atomic mass is 10.0. The van der Waals surface area contributed by atoms with E-state index in [1.54, 1.807) is 9.80 Å². The number of carbonyl (C=O) groups excluding carboxylic acids is 2. The standard InChI is InChI=1S/C36H45N7O4/c1-21(2)31(44)34(46)42-13-11-23(20-42)16-38-36-39-17-28(18-40-36)26-8-7-25-15-27(10-9-24(25)14-26)29-19-37-33(41-29)30-6-5-12-43(30)35(47)32(45)22(3)4/h7-10,14-15,17-19,21-23,30-32,44-45H,5-6,11-13,16,20H2,1-4H3,(H,37,41)(H,38,39,40)/t23-,30+,31+,32+/m1/s1. The van der Waals surface area contributed by atoms with E-state index in [2.05, 4.69) is 61.7 Å². The summed E-state index contributed by atoms with van der Waals surface area (Å²) in [7, 11) is 0. The van der Waals surface area contributed by atoms with Crippen LogP contribution in [0.25, 0.3) is 33.2 Å². The lowest BCUT2D eigenvalue weighted by Gasteiger charge is -2.27. The van der Waals surface area contributed by atoms with Crippen LogP contribution < -0.4 is 5.32 Å². The van der Waals surface area contributed by atoms with Gasteiger partial charge in [0.1, 0.15) is 18.0 Å². The first-order valence-corrected chi connectivity index (χ1v) is 16.7. The van der Waals surface area contributed by atoms with Crippen LogP contribution in [0.5, 0.6) is 0 Å². The Bertz CT molecular complexity index is 1720. The Kier molecular flexibility index (Phi) is 9.56. The number of aromatic amines is 1. The molecule has 2 saturated heterocycles. The number of aromatic nitrogens is 4. The highest BCUT2D eigenvalue weighted by Gasteiger charge is 2.36. The lowest BCUT2D eigenvalue weighted by molar-refractivity contribution is -0.143. The van der Waals surface area contributed by atoms with E-state index in [1.807, 2.05) is 46.3 Å². The number of nitrogens with zero attached hydrogens (tertiary/aromatic N) is 5. The molecule has 47 heavy (non-hydrogen) atoms. The number of aliphatic hydroxyl groups excluding tert-OH is 2. The quantitative estimate of drug-likeness (QED) is 0.196. The van der Waals surface area contributed by atoms with E-state index in [9.17, 15) is 19.8 Å². The fourth-order valence-corrected chi connectivity index (χ4v) is 6.49. The van der Waals surface area contributed by atoms with Crippen LogP contribution in [0.3, 0.4) is 0 Å². The third-order valence-electron chi connectivity index (χ3n) is 9.50. The van der Waals surface area contributed by atoms with Gasteiger partial charge in [-0.15, -0.1) is 0 Å². The monoisotopic (exact) mass is 639 g/mol. The summed E-state index contributed by atoms with van der Waals surface area (Å²) in [6.45, 7) is 9.97. The van der Waals surface area contributed by atoms with Crippen molar-refractivity contribution in [3.8, 4) is 22.4 Å². The van der Waals surface area contributed by atoms with Crippen LogP contribution in [-0.2, 0) is 9.59 Å². The number of hydrogen-bond donors (Lipinski definition) is 4. The van der Waals surface area contributed by atoms with Crippen molar-refractivity contribution < 1.29 is 19.8 Å². The van der Waals surface area contributed by atoms with Crippen LogP contribution in [0.2, 0.25) is 0 Å². The Morgan fingerprint density at radius 2 is 1.51 bits per heavy atom. The summed E-state index contributed by atoms with van der Waals surface area (Å²) in [5, 5.41) is 26.0. The number of rotatable bonds is 10. The van der Waals surface area contributed by atoms with Crippen molar-refractivity contribution >= 4 is 28.5 Å². The van der Waals surface area contributed by atoms with Crippen LogP contribution >= 0.6 is 0 Å². The van der Waals surface area contributed by atoms with Crippen molar-refractivity contribution in [3.05, 3.63) is 60.8 Å². The zero-order valence-electron chi connectivity index (χ0n) is 27.6. The number of aliphatic hydroxyl groups is 2. The van der Waals surface area contributed by atoms with Crippen LogP contribution in [0, 0.1) is 17.8 Å². The number of anilines is 1. The maximum absolute atomic E-state index is 12.9. The molecule has 4 aromatic rings. The van der Waals surface area contributed by atoms with Gasteiger partial charge in [-0.2, -0.15) is 0 Å². The summed E-state index contributed by atoms with van der Waals surface area (Å²) in [4.78, 5) is 46.0. The Balaban J connectivity index is 1.08. The Labute approximate surface area is 275 Å². The summed E-state index contributed by atoms with van der Waals surface area (Å²) in [6, 6.07) is 12.4. The maximum Gasteiger partial charge on any atom is 0.252 e. The van der Waals surface area contributed by atoms with Gasteiger partial charge in [0.25, 0.3) is 11.8 Å². The van der Waals surface area contributed by atoms with Crippen molar-refractivity contribution in [2.75, 3.05) is 31.5 Å². The first-order valence-electron chi connectivity index (χ1n) is 16.7. The van der Waals surface area contributed by atoms with E-state index in [1.165, 1.54) is 0 Å². The van der Waals surface area contributed by atoms with Crippen LogP contribution in [-0.4, -0.2) is 90.2 Å². The zero-order valence-corrected chi connectivity index (χ0v) is 27.6. The van der Waals surface area contributed by atoms with Gasteiger partial charge in [-0.25, -0.2) is 15.0 Å². The van der Waals surface area contributed by atoms with Gasteiger partial charge in [-0.1, -0.05) is 52.0 Å². The molecule has 2 aromatic heterocycles. The molecule has 4 N–H and O–H groups in total. The van der Waals surface area contributed by atoms with E-state index < -0.39 is 12.2 Å². The van der Waals surface area contributed by atoms with Crippen molar-refractivity contribution in [2.24, 2.45) is 17.8 Å². The fourth-order valence-electron chi connectivity index (χ4n) is 6.49. The Morgan fingerprint density at radius 3 is 2.21 bits per heavy atom. The van der Waals surface area contributed by atoms with E-state index in [-0.39, 0.29) is 35.6 Å². The molecule has 2 aliphatic heterocycles. The second kappa shape index (κ2) is 13.8. The molecule has 0 saturated carbocycles. The molecular weight excluding hydrogens is 594 g/mol. The van der Waals surface area contributed by atoms with Gasteiger partial charge in [-0.05, 0) is 65.5 Å². The molecule has 4 atom stereocenters. The fraction of sp³-hybridized carbons (Fsp3) is 0.472. The average Bonchev–Trinajstić information content (AvgIpc) is 3.87. The largest absolute Gasteiger partial charge is 0.383 e. The van der Waals surface area contributed by atoms with Crippen molar-refractivity contribution in [1.82, 2.24) is 29.7 Å². The van der Waals surface area contributed by atoms with Gasteiger partial charge in [0.2, 0.25) is 5.95 Å². The number of carbonyl (C=O) groups is 2. The van der Waals surface area contributed by atoms with Gasteiger partial charge in [0.05, 0.1) is 17.9 Å². The minimum atomic E-state index is -1.00. The number of hydrogen-bond acceptors (Lipinski definition) is 8. The second-order valence-corrected chi connectivity index (χ2v) is 13.6. The van der Waals surface area contributed by atoms with Gasteiger partial charge < -0.3 is 30.3 Å². The molecule has 0 spiro atoms. The molecular formula is C36H45N7O4. The molecule has 0 bridgehead atoms. The third-order valence-corrected chi connectivity index (χ3v) is 9.50. The number of likely N-dealkylation sites (tertiary alicyclic amines) is 2. The number of benzene rings is 2. The Morgan fingerprint density at radius 1 is 0.851 bits per heavy atom. The van der Waals surface area contributed by atoms with Crippen molar-refractivity contribution in [1.29, 1.82) is 0 Å². The van der Waals surface area contributed by atoms with Crippen LogP contribution in [0.4, 0.5) is 5.95 Å². The molecule has 2 amide bonds. The zero-order chi connectivity index (χ0) is 33.2. The molecule has 0 radical (unpaired) electrons. The minimum Gasteiger partial charge on any atom is -0.383 e. The Hall–Kier alpha value is -4.35. The first kappa shape index (κ1) is 32.6. The van der Waals surface area contributed by atoms with Crippen molar-refractivity contribution in [3.63, 3.8) is 0 Å². The molecule has 2 aliphatic rings. The molecule has 2 fully saturated rings. The molecule has 0 aliphatic carbocycles. The first-order chi connectivity index (χ1) is 22.6. The normalized spacial score (nSPS) is 19.6. The summed E-state index contributed by atoms with van der Waals surface area (Å²) in [5.41, 5.74) is 3.82. The third kappa shape index (κ3) is 7.01. The second-order valence-electron chi connectivity index (χ2n) is 13.6. The molecule has 4 heterocycles.